The van der Waals surface area contributed by atoms with Crippen molar-refractivity contribution in [1.82, 2.24) is 4.90 Å². The fraction of sp³-hybridized carbons (Fsp3) is 0.379. The number of rotatable bonds is 4. The summed E-state index contributed by atoms with van der Waals surface area (Å²) >= 11 is 17.3. The number of imide groups is 2. The molecule has 1 saturated carbocycles. The van der Waals surface area contributed by atoms with Crippen LogP contribution >= 0.6 is 39.1 Å². The summed E-state index contributed by atoms with van der Waals surface area (Å²) in [7, 11) is 1.22. The molecule has 2 aromatic rings. The van der Waals surface area contributed by atoms with Gasteiger partial charge in [0, 0.05) is 12.5 Å². The lowest BCUT2D eigenvalue weighted by molar-refractivity contribution is -0.140. The number of carbonyl (C=O) groups excluding carboxylic acids is 4. The second-order valence-electron chi connectivity index (χ2n) is 11.2. The van der Waals surface area contributed by atoms with Crippen molar-refractivity contribution in [3.05, 3.63) is 62.9 Å². The van der Waals surface area contributed by atoms with Crippen molar-refractivity contribution in [1.29, 1.82) is 0 Å². The first-order chi connectivity index (χ1) is 21.1. The molecular formula is C29H20BrCl2F5N2O6. The lowest BCUT2D eigenvalue weighted by atomic mass is 9.56. The van der Waals surface area contributed by atoms with Crippen LogP contribution in [0.5, 0.6) is 11.5 Å². The Morgan fingerprint density at radius 3 is 2.13 bits per heavy atom. The summed E-state index contributed by atoms with van der Waals surface area (Å²) in [5, 5.41) is 10.5. The third-order valence-corrected chi connectivity index (χ3v) is 11.3. The molecule has 6 rings (SSSR count). The Labute approximate surface area is 269 Å². The van der Waals surface area contributed by atoms with E-state index in [1.807, 2.05) is 0 Å². The Morgan fingerprint density at radius 2 is 1.56 bits per heavy atom. The predicted octanol–water partition coefficient (Wildman–Crippen LogP) is 5.44. The number of hydrogen-bond acceptors (Lipinski definition) is 6. The van der Waals surface area contributed by atoms with Crippen LogP contribution in [0.1, 0.15) is 31.2 Å². The Kier molecular flexibility index (Phi) is 7.33. The van der Waals surface area contributed by atoms with Gasteiger partial charge in [-0.3, -0.25) is 24.1 Å². The number of methoxy groups -OCH3 is 1. The zero-order chi connectivity index (χ0) is 33.1. The number of alkyl halides is 2. The summed E-state index contributed by atoms with van der Waals surface area (Å²) in [5.41, 5.74) is -1.50. The summed E-state index contributed by atoms with van der Waals surface area (Å²) in [6, 6.07) is 2.58. The van der Waals surface area contributed by atoms with Gasteiger partial charge < -0.3 is 9.84 Å². The molecule has 2 saturated heterocycles. The fourth-order valence-electron chi connectivity index (χ4n) is 7.23. The molecule has 45 heavy (non-hydrogen) atoms. The van der Waals surface area contributed by atoms with Crippen molar-refractivity contribution in [3.8, 4) is 11.5 Å². The zero-order valence-corrected chi connectivity index (χ0v) is 26.2. The average Bonchev–Trinajstić information content (AvgIpc) is 3.34. The Morgan fingerprint density at radius 1 is 0.956 bits per heavy atom. The Balaban J connectivity index is 1.63. The molecule has 4 aliphatic rings. The molecule has 1 N–H and O–H groups in total. The van der Waals surface area contributed by atoms with Crippen LogP contribution in [0, 0.1) is 46.8 Å². The number of fused-ring (bicyclic) bond motifs is 4. The number of nitrogens with zero attached hydrogens (tertiary/aromatic N) is 2. The molecule has 0 bridgehead atoms. The summed E-state index contributed by atoms with van der Waals surface area (Å²) in [4.78, 5) is 50.5. The number of hydrogen-bond donors (Lipinski definition) is 1. The number of carbonyl (C=O) groups is 4. The number of phenols is 1. The SMILES string of the molecule is CCN1C(=O)[C@H]2[C@H](CC=C3[C@H]2C[C@@]2(Cl)C(=O)N(c4c(F)c(F)c(F)c(F)c4F)C(=O)[C@@]2(Cl)[C@H]3c2cc(Br)c(O)c(OC)c2)C1=O. The van der Waals surface area contributed by atoms with Crippen LogP contribution in [0.2, 0.25) is 0 Å². The van der Waals surface area contributed by atoms with Gasteiger partial charge in [-0.25, -0.2) is 26.9 Å². The maximum atomic E-state index is 15.1. The van der Waals surface area contributed by atoms with E-state index in [9.17, 15) is 37.5 Å². The molecule has 0 aromatic heterocycles. The van der Waals surface area contributed by atoms with Gasteiger partial charge in [-0.15, -0.1) is 23.2 Å². The van der Waals surface area contributed by atoms with Crippen LogP contribution in [-0.4, -0.2) is 57.0 Å². The summed E-state index contributed by atoms with van der Waals surface area (Å²) in [6.45, 7) is 1.65. The van der Waals surface area contributed by atoms with Crippen molar-refractivity contribution >= 4 is 68.4 Å². The number of ether oxygens (including phenoxy) is 1. The quantitative estimate of drug-likeness (QED) is 0.112. The molecule has 0 unspecified atom stereocenters. The highest BCUT2D eigenvalue weighted by atomic mass is 79.9. The van der Waals surface area contributed by atoms with Gasteiger partial charge in [-0.05, 0) is 59.3 Å². The number of benzene rings is 2. The monoisotopic (exact) mass is 736 g/mol. The van der Waals surface area contributed by atoms with E-state index in [2.05, 4.69) is 15.9 Å². The molecule has 4 amide bonds. The topological polar surface area (TPSA) is 104 Å². The molecule has 2 heterocycles. The van der Waals surface area contributed by atoms with Crippen molar-refractivity contribution in [3.63, 3.8) is 0 Å². The van der Waals surface area contributed by atoms with Gasteiger partial charge in [0.25, 0.3) is 11.8 Å². The standard InChI is InChI=1S/C29H20BrCl2F5N2O6/c1-3-38-24(41)11-5-4-10-12(15(11)25(38)42)8-28(31)26(43)39(22-20(36)18(34)17(33)19(35)21(22)37)27(44)29(28,32)16(10)9-6-13(30)23(40)14(7-9)45-2/h4,6-7,11-12,15-16,40H,3,5,8H2,1-2H3/t11-,12+,15-,16-,28+,29-/m0/s1. The van der Waals surface area contributed by atoms with Gasteiger partial charge in [0.05, 0.1) is 23.4 Å². The smallest absolute Gasteiger partial charge is 0.258 e. The number of aromatic hydroxyl groups is 1. The van der Waals surface area contributed by atoms with E-state index < -0.39 is 98.2 Å². The van der Waals surface area contributed by atoms with Crippen molar-refractivity contribution in [2.24, 2.45) is 17.8 Å². The van der Waals surface area contributed by atoms with Crippen LogP contribution in [0.3, 0.4) is 0 Å². The molecule has 2 aromatic carbocycles. The molecule has 0 radical (unpaired) electrons. The number of amides is 4. The summed E-state index contributed by atoms with van der Waals surface area (Å²) in [6.07, 6.45) is 0.995. The van der Waals surface area contributed by atoms with Crippen molar-refractivity contribution in [2.45, 2.75) is 35.4 Å². The van der Waals surface area contributed by atoms with E-state index >= 15 is 8.78 Å². The van der Waals surface area contributed by atoms with E-state index in [4.69, 9.17) is 27.9 Å². The molecule has 6 atom stereocenters. The molecule has 8 nitrogen and oxygen atoms in total. The highest BCUT2D eigenvalue weighted by Gasteiger charge is 2.77. The van der Waals surface area contributed by atoms with Crippen LogP contribution < -0.4 is 9.64 Å². The van der Waals surface area contributed by atoms with Gasteiger partial charge in [0.2, 0.25) is 17.6 Å². The normalized spacial score (nSPS) is 30.8. The molecule has 3 fully saturated rings. The first-order valence-electron chi connectivity index (χ1n) is 13.5. The van der Waals surface area contributed by atoms with Gasteiger partial charge in [0.1, 0.15) is 5.69 Å². The van der Waals surface area contributed by atoms with E-state index in [1.54, 1.807) is 13.0 Å². The summed E-state index contributed by atoms with van der Waals surface area (Å²) < 4.78 is 78.0. The predicted molar refractivity (Wildman–Crippen MR) is 151 cm³/mol. The van der Waals surface area contributed by atoms with Gasteiger partial charge >= 0.3 is 0 Å². The van der Waals surface area contributed by atoms with Crippen molar-refractivity contribution in [2.75, 3.05) is 18.6 Å². The molecule has 2 aliphatic carbocycles. The number of likely N-dealkylation sites (tertiary alicyclic amines) is 1. The van der Waals surface area contributed by atoms with Crippen molar-refractivity contribution < 1.29 is 51.0 Å². The van der Waals surface area contributed by atoms with E-state index in [0.29, 0.717) is 0 Å². The fourth-order valence-corrected chi connectivity index (χ4v) is 8.63. The van der Waals surface area contributed by atoms with E-state index in [-0.39, 0.29) is 45.0 Å². The average molecular weight is 738 g/mol. The molecule has 16 heteroatoms. The largest absolute Gasteiger partial charge is 0.503 e. The maximum absolute atomic E-state index is 15.1. The number of phenolic OH excluding ortho intramolecular Hbond substituents is 1. The molecule has 2 aliphatic heterocycles. The van der Waals surface area contributed by atoms with Crippen LogP contribution in [0.4, 0.5) is 27.6 Å². The van der Waals surface area contributed by atoms with Gasteiger partial charge in [-0.2, -0.15) is 0 Å². The lowest BCUT2D eigenvalue weighted by Crippen LogP contribution is -2.60. The zero-order valence-electron chi connectivity index (χ0n) is 23.1. The lowest BCUT2D eigenvalue weighted by Gasteiger charge is -2.50. The highest BCUT2D eigenvalue weighted by molar-refractivity contribution is 9.10. The van der Waals surface area contributed by atoms with Gasteiger partial charge in [-0.1, -0.05) is 11.6 Å². The Bertz CT molecular complexity index is 1760. The minimum atomic E-state index is -2.68. The molecule has 0 spiro atoms. The number of halogens is 8. The minimum absolute atomic E-state index is 0.0240. The van der Waals surface area contributed by atoms with Gasteiger partial charge in [0.15, 0.2) is 44.5 Å². The number of allylic oxidation sites excluding steroid dienone is 2. The van der Waals surface area contributed by atoms with E-state index in [1.165, 1.54) is 19.2 Å². The van der Waals surface area contributed by atoms with E-state index in [0.717, 1.165) is 4.90 Å². The highest BCUT2D eigenvalue weighted by Crippen LogP contribution is 2.66. The third kappa shape index (κ3) is 3.87. The second kappa shape index (κ2) is 10.4. The molecular weight excluding hydrogens is 718 g/mol. The second-order valence-corrected chi connectivity index (χ2v) is 13.3. The maximum Gasteiger partial charge on any atom is 0.258 e. The van der Waals surface area contributed by atoms with Crippen LogP contribution in [-0.2, 0) is 19.2 Å². The summed E-state index contributed by atoms with van der Waals surface area (Å²) in [5.74, 6) is -21.4. The minimum Gasteiger partial charge on any atom is -0.503 e. The van der Waals surface area contributed by atoms with Crippen LogP contribution in [0.15, 0.2) is 28.3 Å². The Hall–Kier alpha value is -3.23. The van der Waals surface area contributed by atoms with Crippen LogP contribution in [0.25, 0.3) is 0 Å². The first kappa shape index (κ1) is 31.7. The third-order valence-electron chi connectivity index (χ3n) is 9.23. The molecule has 238 valence electrons. The number of anilines is 1. The first-order valence-corrected chi connectivity index (χ1v) is 15.0.